The molecule has 0 bridgehead atoms. The molecule has 1 aromatic carbocycles. The molecule has 23 heavy (non-hydrogen) atoms. The van der Waals surface area contributed by atoms with E-state index in [1.54, 1.807) is 18.3 Å². The molecular formula is C17H20N2O3S. The molecule has 6 heteroatoms. The monoisotopic (exact) mass is 332 g/mol. The van der Waals surface area contributed by atoms with Gasteiger partial charge in [-0.25, -0.2) is 8.42 Å². The van der Waals surface area contributed by atoms with E-state index in [4.69, 9.17) is 4.74 Å². The summed E-state index contributed by atoms with van der Waals surface area (Å²) in [5.41, 5.74) is 1.13. The third kappa shape index (κ3) is 3.96. The van der Waals surface area contributed by atoms with Crippen LogP contribution in [0.4, 0.5) is 0 Å². The van der Waals surface area contributed by atoms with Crippen molar-refractivity contribution in [2.75, 3.05) is 19.7 Å². The van der Waals surface area contributed by atoms with Crippen LogP contribution < -0.4 is 0 Å². The van der Waals surface area contributed by atoms with Crippen molar-refractivity contribution in [3.63, 3.8) is 0 Å². The van der Waals surface area contributed by atoms with Gasteiger partial charge in [-0.1, -0.05) is 30.3 Å². The average Bonchev–Trinajstić information content (AvgIpc) is 3.06. The van der Waals surface area contributed by atoms with E-state index < -0.39 is 10.0 Å². The van der Waals surface area contributed by atoms with Crippen molar-refractivity contribution in [1.82, 2.24) is 9.29 Å². The summed E-state index contributed by atoms with van der Waals surface area (Å²) in [6.07, 6.45) is 3.80. The fraction of sp³-hybridized carbons (Fsp3) is 0.353. The molecule has 0 unspecified atom stereocenters. The van der Waals surface area contributed by atoms with Crippen LogP contribution in [0.15, 0.2) is 59.8 Å². The molecule has 1 saturated heterocycles. The first-order valence-corrected chi connectivity index (χ1v) is 9.12. The molecule has 0 N–H and O–H groups in total. The summed E-state index contributed by atoms with van der Waals surface area (Å²) < 4.78 is 32.3. The number of aromatic nitrogens is 1. The number of sulfonamides is 1. The van der Waals surface area contributed by atoms with E-state index >= 15 is 0 Å². The highest BCUT2D eigenvalue weighted by Crippen LogP contribution is 2.24. The van der Waals surface area contributed by atoms with E-state index in [1.807, 2.05) is 30.3 Å². The molecule has 2 aromatic rings. The number of pyridine rings is 1. The minimum absolute atomic E-state index is 0.241. The summed E-state index contributed by atoms with van der Waals surface area (Å²) in [7, 11) is -3.43. The Hall–Kier alpha value is -1.76. The highest BCUT2D eigenvalue weighted by Gasteiger charge is 2.32. The summed E-state index contributed by atoms with van der Waals surface area (Å²) in [4.78, 5) is 4.15. The lowest BCUT2D eigenvalue weighted by Gasteiger charge is -2.16. The zero-order chi connectivity index (χ0) is 16.1. The molecule has 1 aromatic heterocycles. The summed E-state index contributed by atoms with van der Waals surface area (Å²) in [6.45, 7) is 2.18. The number of hydrogen-bond donors (Lipinski definition) is 0. The molecule has 1 aliphatic rings. The molecule has 0 saturated carbocycles. The second-order valence-electron chi connectivity index (χ2n) is 5.71. The Morgan fingerprint density at radius 1 is 1.17 bits per heavy atom. The highest BCUT2D eigenvalue weighted by molar-refractivity contribution is 7.89. The third-order valence-electron chi connectivity index (χ3n) is 3.99. The number of rotatable bonds is 6. The van der Waals surface area contributed by atoms with Crippen molar-refractivity contribution in [2.45, 2.75) is 17.9 Å². The van der Waals surface area contributed by atoms with Gasteiger partial charge in [0.25, 0.3) is 0 Å². The smallest absolute Gasteiger partial charge is 0.244 e. The molecule has 0 spiro atoms. The Bertz CT molecular complexity index is 720. The van der Waals surface area contributed by atoms with Crippen LogP contribution in [0.25, 0.3) is 0 Å². The van der Waals surface area contributed by atoms with E-state index in [2.05, 4.69) is 4.98 Å². The minimum Gasteiger partial charge on any atom is -0.376 e. The fourth-order valence-electron chi connectivity index (χ4n) is 2.72. The minimum atomic E-state index is -3.43. The number of ether oxygens (including phenoxy) is 1. The Morgan fingerprint density at radius 3 is 2.74 bits per heavy atom. The largest absolute Gasteiger partial charge is 0.376 e. The quantitative estimate of drug-likeness (QED) is 0.814. The zero-order valence-electron chi connectivity index (χ0n) is 12.8. The maximum Gasteiger partial charge on any atom is 0.244 e. The van der Waals surface area contributed by atoms with Gasteiger partial charge in [-0.3, -0.25) is 4.98 Å². The first kappa shape index (κ1) is 16.1. The standard InChI is InChI=1S/C17H20N2O3S/c20-23(21,17-7-4-9-18-11-17)19-10-8-16(12-19)14-22-13-15-5-2-1-3-6-15/h1-7,9,11,16H,8,10,12-14H2/t16-/m1/s1. The van der Waals surface area contributed by atoms with Crippen molar-refractivity contribution < 1.29 is 13.2 Å². The van der Waals surface area contributed by atoms with Crippen LogP contribution in [-0.2, 0) is 21.4 Å². The number of nitrogens with zero attached hydrogens (tertiary/aromatic N) is 2. The Balaban J connectivity index is 1.52. The molecule has 3 rings (SSSR count). The van der Waals surface area contributed by atoms with Crippen molar-refractivity contribution in [1.29, 1.82) is 0 Å². The molecule has 5 nitrogen and oxygen atoms in total. The summed E-state index contributed by atoms with van der Waals surface area (Å²) in [6, 6.07) is 13.2. The van der Waals surface area contributed by atoms with Gasteiger partial charge in [0.05, 0.1) is 13.2 Å². The van der Waals surface area contributed by atoms with Crippen molar-refractivity contribution >= 4 is 10.0 Å². The predicted octanol–water partition coefficient (Wildman–Crippen LogP) is 2.31. The summed E-state index contributed by atoms with van der Waals surface area (Å²) in [5.74, 6) is 0.241. The van der Waals surface area contributed by atoms with E-state index in [0.29, 0.717) is 26.3 Å². The molecule has 1 atom stereocenters. The van der Waals surface area contributed by atoms with E-state index in [9.17, 15) is 8.42 Å². The Kier molecular flexibility index (Phi) is 5.05. The van der Waals surface area contributed by atoms with Crippen LogP contribution in [0.3, 0.4) is 0 Å². The van der Waals surface area contributed by atoms with E-state index in [-0.39, 0.29) is 10.8 Å². The maximum atomic E-state index is 12.5. The SMILES string of the molecule is O=S(=O)(c1cccnc1)N1CC[C@@H](COCc2ccccc2)C1. The van der Waals surface area contributed by atoms with E-state index in [0.717, 1.165) is 12.0 Å². The van der Waals surface area contributed by atoms with Crippen LogP contribution in [0.5, 0.6) is 0 Å². The van der Waals surface area contributed by atoms with Crippen LogP contribution in [0.2, 0.25) is 0 Å². The van der Waals surface area contributed by atoms with Gasteiger partial charge in [0, 0.05) is 25.5 Å². The second kappa shape index (κ2) is 7.21. The van der Waals surface area contributed by atoms with Gasteiger partial charge in [-0.05, 0) is 30.0 Å². The predicted molar refractivity (Wildman–Crippen MR) is 87.2 cm³/mol. The van der Waals surface area contributed by atoms with Crippen LogP contribution in [0, 0.1) is 5.92 Å². The lowest BCUT2D eigenvalue weighted by Crippen LogP contribution is -2.29. The van der Waals surface area contributed by atoms with Gasteiger partial charge < -0.3 is 4.74 Å². The summed E-state index contributed by atoms with van der Waals surface area (Å²) >= 11 is 0. The Morgan fingerprint density at radius 2 is 2.00 bits per heavy atom. The molecule has 1 fully saturated rings. The first-order valence-electron chi connectivity index (χ1n) is 7.68. The highest BCUT2D eigenvalue weighted by atomic mass is 32.2. The topological polar surface area (TPSA) is 59.5 Å². The zero-order valence-corrected chi connectivity index (χ0v) is 13.7. The molecular weight excluding hydrogens is 312 g/mol. The van der Waals surface area contributed by atoms with Crippen LogP contribution >= 0.6 is 0 Å². The van der Waals surface area contributed by atoms with Crippen LogP contribution in [0.1, 0.15) is 12.0 Å². The molecule has 0 aliphatic carbocycles. The van der Waals surface area contributed by atoms with Crippen molar-refractivity contribution in [3.8, 4) is 0 Å². The average molecular weight is 332 g/mol. The molecule has 0 radical (unpaired) electrons. The van der Waals surface area contributed by atoms with Crippen LogP contribution in [-0.4, -0.2) is 37.4 Å². The lowest BCUT2D eigenvalue weighted by molar-refractivity contribution is 0.0910. The summed E-state index contributed by atoms with van der Waals surface area (Å²) in [5, 5.41) is 0. The second-order valence-corrected chi connectivity index (χ2v) is 7.65. The van der Waals surface area contributed by atoms with Crippen molar-refractivity contribution in [2.24, 2.45) is 5.92 Å². The van der Waals surface area contributed by atoms with Gasteiger partial charge in [0.1, 0.15) is 4.90 Å². The first-order chi connectivity index (χ1) is 11.2. The van der Waals surface area contributed by atoms with Gasteiger partial charge in [-0.15, -0.1) is 0 Å². The number of hydrogen-bond acceptors (Lipinski definition) is 4. The molecule has 122 valence electrons. The normalized spacial score (nSPS) is 19.0. The van der Waals surface area contributed by atoms with Gasteiger partial charge in [0.15, 0.2) is 0 Å². The van der Waals surface area contributed by atoms with Gasteiger partial charge in [-0.2, -0.15) is 4.31 Å². The van der Waals surface area contributed by atoms with Gasteiger partial charge in [0.2, 0.25) is 10.0 Å². The molecule has 2 heterocycles. The maximum absolute atomic E-state index is 12.5. The lowest BCUT2D eigenvalue weighted by atomic mass is 10.1. The third-order valence-corrected chi connectivity index (χ3v) is 5.83. The Labute approximate surface area is 137 Å². The van der Waals surface area contributed by atoms with Crippen molar-refractivity contribution in [3.05, 3.63) is 60.4 Å². The van der Waals surface area contributed by atoms with Gasteiger partial charge >= 0.3 is 0 Å². The van der Waals surface area contributed by atoms with E-state index in [1.165, 1.54) is 10.5 Å². The molecule has 1 aliphatic heterocycles. The number of benzene rings is 1. The molecule has 0 amide bonds. The fourth-order valence-corrected chi connectivity index (χ4v) is 4.21.